The predicted octanol–water partition coefficient (Wildman–Crippen LogP) is 3.44. The van der Waals surface area contributed by atoms with Crippen LogP contribution in [0, 0.1) is 6.92 Å². The minimum atomic E-state index is -0.468. The second-order valence-corrected chi connectivity index (χ2v) is 7.59. The van der Waals surface area contributed by atoms with Gasteiger partial charge in [0.1, 0.15) is 16.0 Å². The first-order valence-corrected chi connectivity index (χ1v) is 10.1. The van der Waals surface area contributed by atoms with Crippen LogP contribution in [0.15, 0.2) is 46.7 Å². The molecule has 0 saturated heterocycles. The average Bonchev–Trinajstić information content (AvgIpc) is 3.26. The van der Waals surface area contributed by atoms with Crippen LogP contribution in [0.2, 0.25) is 0 Å². The van der Waals surface area contributed by atoms with Crippen molar-refractivity contribution in [1.82, 2.24) is 14.2 Å². The Bertz CT molecular complexity index is 1390. The molecule has 0 spiro atoms. The summed E-state index contributed by atoms with van der Waals surface area (Å²) in [5.41, 5.74) is 1.61. The van der Waals surface area contributed by atoms with Crippen LogP contribution >= 0.6 is 11.3 Å². The maximum atomic E-state index is 12.9. The molecule has 0 atom stereocenters. The van der Waals surface area contributed by atoms with Crippen molar-refractivity contribution in [3.8, 4) is 0 Å². The fourth-order valence-corrected chi connectivity index (χ4v) is 4.32. The molecule has 0 N–H and O–H groups in total. The van der Waals surface area contributed by atoms with Gasteiger partial charge in [0.15, 0.2) is 0 Å². The number of benzene rings is 1. The highest BCUT2D eigenvalue weighted by Crippen LogP contribution is 2.27. The molecule has 0 aliphatic rings. The molecule has 4 aromatic rings. The lowest BCUT2D eigenvalue weighted by Gasteiger charge is -1.99. The van der Waals surface area contributed by atoms with Crippen molar-refractivity contribution >= 4 is 50.5 Å². The van der Waals surface area contributed by atoms with Gasteiger partial charge in [0.2, 0.25) is 5.91 Å². The highest BCUT2D eigenvalue weighted by molar-refractivity contribution is 7.20. The van der Waals surface area contributed by atoms with Gasteiger partial charge in [-0.05, 0) is 25.5 Å². The molecule has 0 bridgehead atoms. The Morgan fingerprint density at radius 3 is 2.80 bits per heavy atom. The van der Waals surface area contributed by atoms with Crippen molar-refractivity contribution in [1.29, 1.82) is 0 Å². The minimum absolute atomic E-state index is 0.119. The van der Waals surface area contributed by atoms with Crippen molar-refractivity contribution in [3.05, 3.63) is 63.1 Å². The first kappa shape index (κ1) is 19.7. The van der Waals surface area contributed by atoms with Gasteiger partial charge in [-0.1, -0.05) is 18.2 Å². The molecule has 3 aromatic heterocycles. The van der Waals surface area contributed by atoms with Gasteiger partial charge in [0, 0.05) is 24.1 Å². The molecule has 0 unspecified atom stereocenters. The summed E-state index contributed by atoms with van der Waals surface area (Å²) >= 11 is 1.13. The van der Waals surface area contributed by atoms with E-state index in [0.717, 1.165) is 26.9 Å². The van der Waals surface area contributed by atoms with Gasteiger partial charge in [-0.3, -0.25) is 14.2 Å². The number of para-hydroxylation sites is 1. The lowest BCUT2D eigenvalue weighted by Crippen LogP contribution is -2.17. The summed E-state index contributed by atoms with van der Waals surface area (Å²) in [7, 11) is 0. The van der Waals surface area contributed by atoms with E-state index in [1.807, 2.05) is 24.3 Å². The Morgan fingerprint density at radius 2 is 2.07 bits per heavy atom. The number of carbonyl (C=O) groups excluding carboxylic acids is 2. The van der Waals surface area contributed by atoms with Crippen LogP contribution in [0.4, 0.5) is 0 Å². The van der Waals surface area contributed by atoms with Crippen molar-refractivity contribution in [2.45, 2.75) is 20.8 Å². The fraction of sp³-hybridized carbons (Fsp3) is 0.190. The molecule has 0 radical (unpaired) electrons. The van der Waals surface area contributed by atoms with Crippen molar-refractivity contribution in [3.63, 3.8) is 0 Å². The molecule has 0 amide bonds. The van der Waals surface area contributed by atoms with Crippen LogP contribution in [0.25, 0.3) is 21.1 Å². The molecule has 8 nitrogen and oxygen atoms in total. The van der Waals surface area contributed by atoms with E-state index < -0.39 is 5.97 Å². The van der Waals surface area contributed by atoms with Crippen molar-refractivity contribution in [2.24, 2.45) is 5.10 Å². The molecule has 3 heterocycles. The molecule has 30 heavy (non-hydrogen) atoms. The lowest BCUT2D eigenvalue weighted by molar-refractivity contribution is 0.0531. The normalized spacial score (nSPS) is 11.6. The minimum Gasteiger partial charge on any atom is -0.462 e. The van der Waals surface area contributed by atoms with Gasteiger partial charge >= 0.3 is 5.97 Å². The first-order valence-electron chi connectivity index (χ1n) is 9.25. The smallest absolute Gasteiger partial charge is 0.348 e. The van der Waals surface area contributed by atoms with Gasteiger partial charge < -0.3 is 4.74 Å². The number of aryl methyl sites for hydroxylation is 1. The van der Waals surface area contributed by atoms with Gasteiger partial charge in [-0.15, -0.1) is 11.3 Å². The van der Waals surface area contributed by atoms with Gasteiger partial charge in [0.25, 0.3) is 5.56 Å². The molecular weight excluding hydrogens is 404 g/mol. The van der Waals surface area contributed by atoms with Crippen LogP contribution in [0.5, 0.6) is 0 Å². The van der Waals surface area contributed by atoms with E-state index in [1.165, 1.54) is 24.0 Å². The summed E-state index contributed by atoms with van der Waals surface area (Å²) in [5.74, 6) is -0.587. The van der Waals surface area contributed by atoms with Gasteiger partial charge in [-0.2, -0.15) is 9.78 Å². The number of rotatable bonds is 4. The first-order chi connectivity index (χ1) is 14.4. The molecule has 0 saturated carbocycles. The van der Waals surface area contributed by atoms with E-state index >= 15 is 0 Å². The van der Waals surface area contributed by atoms with Crippen LogP contribution in [-0.2, 0) is 4.74 Å². The highest BCUT2D eigenvalue weighted by atomic mass is 32.1. The van der Waals surface area contributed by atoms with E-state index in [4.69, 9.17) is 4.74 Å². The molecular formula is C21H18N4O4S. The van der Waals surface area contributed by atoms with E-state index in [-0.39, 0.29) is 18.1 Å². The number of esters is 1. The van der Waals surface area contributed by atoms with Gasteiger partial charge in [-0.25, -0.2) is 9.78 Å². The van der Waals surface area contributed by atoms with Crippen LogP contribution in [0.3, 0.4) is 0 Å². The summed E-state index contributed by atoms with van der Waals surface area (Å²) in [5, 5.41) is 5.44. The second-order valence-electron chi connectivity index (χ2n) is 6.59. The Kier molecular flexibility index (Phi) is 5.04. The monoisotopic (exact) mass is 422 g/mol. The SMILES string of the molecule is CCOC(=O)c1sc2ncn(/N=C/c3cn(C(C)=O)c4ccccc34)c(=O)c2c1C. The Morgan fingerprint density at radius 1 is 1.30 bits per heavy atom. The van der Waals surface area contributed by atoms with Crippen LogP contribution < -0.4 is 5.56 Å². The fourth-order valence-electron chi connectivity index (χ4n) is 3.28. The zero-order chi connectivity index (χ0) is 21.4. The number of thiophene rings is 1. The molecule has 1 aromatic carbocycles. The summed E-state index contributed by atoms with van der Waals surface area (Å²) < 4.78 is 7.71. The maximum Gasteiger partial charge on any atom is 0.348 e. The molecule has 4 rings (SSSR count). The highest BCUT2D eigenvalue weighted by Gasteiger charge is 2.20. The third kappa shape index (κ3) is 3.22. The Balaban J connectivity index is 1.79. The van der Waals surface area contributed by atoms with E-state index in [0.29, 0.717) is 26.2 Å². The number of carbonyl (C=O) groups is 2. The third-order valence-electron chi connectivity index (χ3n) is 4.70. The van der Waals surface area contributed by atoms with Crippen molar-refractivity contribution < 1.29 is 14.3 Å². The zero-order valence-electron chi connectivity index (χ0n) is 16.6. The largest absolute Gasteiger partial charge is 0.462 e. The molecule has 0 aliphatic carbocycles. The molecule has 9 heteroatoms. The maximum absolute atomic E-state index is 12.9. The number of ether oxygens (including phenoxy) is 1. The quantitative estimate of drug-likeness (QED) is 0.371. The topological polar surface area (TPSA) is 95.5 Å². The Labute approximate surface area is 175 Å². The summed E-state index contributed by atoms with van der Waals surface area (Å²) in [4.78, 5) is 42.1. The number of hydrogen-bond donors (Lipinski definition) is 0. The summed E-state index contributed by atoms with van der Waals surface area (Å²) in [6.45, 7) is 5.16. The molecule has 0 aliphatic heterocycles. The van der Waals surface area contributed by atoms with E-state index in [9.17, 15) is 14.4 Å². The predicted molar refractivity (Wildman–Crippen MR) is 116 cm³/mol. The average molecular weight is 422 g/mol. The lowest BCUT2D eigenvalue weighted by atomic mass is 10.2. The molecule has 0 fully saturated rings. The third-order valence-corrected chi connectivity index (χ3v) is 5.88. The summed E-state index contributed by atoms with van der Waals surface area (Å²) in [6, 6.07) is 7.45. The van der Waals surface area contributed by atoms with Gasteiger partial charge in [0.05, 0.1) is 23.7 Å². The zero-order valence-corrected chi connectivity index (χ0v) is 17.4. The van der Waals surface area contributed by atoms with E-state index in [1.54, 1.807) is 20.0 Å². The van der Waals surface area contributed by atoms with Crippen LogP contribution in [0.1, 0.15) is 39.4 Å². The molecule has 152 valence electrons. The second kappa shape index (κ2) is 7.68. The number of aromatic nitrogens is 3. The number of hydrogen-bond acceptors (Lipinski definition) is 7. The van der Waals surface area contributed by atoms with Crippen LogP contribution in [-0.4, -0.2) is 38.9 Å². The van der Waals surface area contributed by atoms with Crippen molar-refractivity contribution in [2.75, 3.05) is 6.61 Å². The van der Waals surface area contributed by atoms with E-state index in [2.05, 4.69) is 10.1 Å². The number of fused-ring (bicyclic) bond motifs is 2. The number of nitrogens with zero attached hydrogens (tertiary/aromatic N) is 4. The standard InChI is InChI=1S/C21H18N4O4S/c1-4-29-21(28)18-12(2)17-19(30-18)22-11-25(20(17)27)23-9-14-10-24(13(3)26)16-8-6-5-7-15(14)16/h5-11H,4H2,1-3H3/b23-9+. The Hall–Kier alpha value is -3.59. The summed E-state index contributed by atoms with van der Waals surface area (Å²) in [6.07, 6.45) is 4.52.